The topological polar surface area (TPSA) is 66.8 Å². The first-order valence-corrected chi connectivity index (χ1v) is 8.14. The van der Waals surface area contributed by atoms with Crippen molar-refractivity contribution in [2.45, 2.75) is 32.8 Å². The molecule has 1 aliphatic heterocycles. The second-order valence-electron chi connectivity index (χ2n) is 5.99. The maximum atomic E-state index is 12.5. The van der Waals surface area contributed by atoms with E-state index in [-0.39, 0.29) is 17.3 Å². The van der Waals surface area contributed by atoms with Crippen molar-refractivity contribution in [1.82, 2.24) is 0 Å². The molecular formula is C20H24O4. The molecule has 3 atom stereocenters. The summed E-state index contributed by atoms with van der Waals surface area (Å²) in [4.78, 5) is 12.5. The average Bonchev–Trinajstić information content (AvgIpc) is 2.54. The third kappa shape index (κ3) is 3.77. The van der Waals surface area contributed by atoms with Crippen molar-refractivity contribution in [2.75, 3.05) is 0 Å². The van der Waals surface area contributed by atoms with E-state index in [0.29, 0.717) is 18.6 Å². The predicted octanol–water partition coefficient (Wildman–Crippen LogP) is 3.89. The summed E-state index contributed by atoms with van der Waals surface area (Å²) in [5.74, 6) is -0.809. The Balaban J connectivity index is 2.49. The molecule has 1 aliphatic carbocycles. The van der Waals surface area contributed by atoms with Gasteiger partial charge in [0.25, 0.3) is 0 Å². The zero-order valence-electron chi connectivity index (χ0n) is 14.1. The van der Waals surface area contributed by atoms with Gasteiger partial charge >= 0.3 is 5.97 Å². The molecule has 0 aromatic carbocycles. The summed E-state index contributed by atoms with van der Waals surface area (Å²) >= 11 is 0. The normalized spacial score (nSPS) is 23.6. The van der Waals surface area contributed by atoms with Crippen LogP contribution in [0.5, 0.6) is 0 Å². The van der Waals surface area contributed by atoms with Gasteiger partial charge in [-0.2, -0.15) is 0 Å². The first-order valence-electron chi connectivity index (χ1n) is 8.14. The van der Waals surface area contributed by atoms with Gasteiger partial charge in [-0.15, -0.1) is 0 Å². The lowest BCUT2D eigenvalue weighted by molar-refractivity contribution is -0.138. The van der Waals surface area contributed by atoms with E-state index in [9.17, 15) is 15.0 Å². The molecule has 2 rings (SSSR count). The Morgan fingerprint density at radius 3 is 2.92 bits per heavy atom. The number of rotatable bonds is 6. The van der Waals surface area contributed by atoms with Crippen LogP contribution in [0, 0.1) is 11.8 Å². The van der Waals surface area contributed by atoms with Crippen LogP contribution in [0.4, 0.5) is 0 Å². The van der Waals surface area contributed by atoms with Crippen LogP contribution in [0.15, 0.2) is 71.8 Å². The lowest BCUT2D eigenvalue weighted by Crippen LogP contribution is -2.30. The molecule has 2 unspecified atom stereocenters. The van der Waals surface area contributed by atoms with Crippen LogP contribution < -0.4 is 0 Å². The molecule has 4 heteroatoms. The smallest absolute Gasteiger partial charge is 0.343 e. The molecule has 128 valence electrons. The van der Waals surface area contributed by atoms with E-state index in [2.05, 4.69) is 6.58 Å². The molecule has 0 saturated heterocycles. The zero-order chi connectivity index (χ0) is 17.7. The van der Waals surface area contributed by atoms with Gasteiger partial charge in [0.05, 0.1) is 17.6 Å². The monoisotopic (exact) mass is 328 g/mol. The summed E-state index contributed by atoms with van der Waals surface area (Å²) in [5, 5.41) is 20.6. The fraction of sp³-hybridized carbons (Fsp3) is 0.350. The SMILES string of the molecule is C=C/C=C\C(=C/C)C(C[C@@H](C)O)C1=C(O)C2CC=CC=C2OC1=O. The Bertz CT molecular complexity index is 659. The summed E-state index contributed by atoms with van der Waals surface area (Å²) in [6, 6.07) is 0. The van der Waals surface area contributed by atoms with Gasteiger partial charge in [-0.25, -0.2) is 4.79 Å². The number of ether oxygens (including phenoxy) is 1. The molecule has 0 radical (unpaired) electrons. The van der Waals surface area contributed by atoms with Crippen molar-refractivity contribution in [2.24, 2.45) is 11.8 Å². The highest BCUT2D eigenvalue weighted by Crippen LogP contribution is 2.40. The molecule has 2 N–H and O–H groups in total. The highest BCUT2D eigenvalue weighted by molar-refractivity contribution is 5.92. The van der Waals surface area contributed by atoms with Crippen molar-refractivity contribution in [3.05, 3.63) is 71.8 Å². The first-order chi connectivity index (χ1) is 11.5. The fourth-order valence-electron chi connectivity index (χ4n) is 3.09. The molecule has 0 fully saturated rings. The second kappa shape index (κ2) is 7.97. The minimum atomic E-state index is -0.627. The second-order valence-corrected chi connectivity index (χ2v) is 5.99. The number of carbonyl (C=O) groups excluding carboxylic acids is 1. The Hall–Kier alpha value is -2.33. The lowest BCUT2D eigenvalue weighted by Gasteiger charge is -2.31. The standard InChI is InChI=1S/C20H24O4/c1-4-6-9-14(5-2)16(12-13(3)21)18-19(22)15-10-7-8-11-17(15)24-20(18)23/h4-9,11,13,15-16,21-22H,1,10,12H2,2-3H3/b9-6-,14-5+/t13-,15?,16?/m1/s1. The van der Waals surface area contributed by atoms with E-state index >= 15 is 0 Å². The van der Waals surface area contributed by atoms with E-state index in [1.807, 2.05) is 31.2 Å². The number of carbonyl (C=O) groups is 1. The van der Waals surface area contributed by atoms with Crippen LogP contribution in [-0.2, 0) is 9.53 Å². The highest BCUT2D eigenvalue weighted by Gasteiger charge is 2.39. The van der Waals surface area contributed by atoms with Gasteiger partial charge in [-0.3, -0.25) is 0 Å². The number of esters is 1. The lowest BCUT2D eigenvalue weighted by atomic mass is 9.80. The molecule has 0 amide bonds. The third-order valence-electron chi connectivity index (χ3n) is 4.23. The van der Waals surface area contributed by atoms with Gasteiger partial charge in [-0.1, -0.05) is 43.0 Å². The van der Waals surface area contributed by atoms with Crippen LogP contribution in [-0.4, -0.2) is 22.3 Å². The molecule has 0 aromatic rings. The minimum Gasteiger partial charge on any atom is -0.511 e. The van der Waals surface area contributed by atoms with Crippen molar-refractivity contribution < 1.29 is 19.7 Å². The van der Waals surface area contributed by atoms with E-state index in [1.54, 1.807) is 25.2 Å². The number of allylic oxidation sites excluding steroid dienone is 8. The van der Waals surface area contributed by atoms with Crippen molar-refractivity contribution in [3.63, 3.8) is 0 Å². The number of fused-ring (bicyclic) bond motifs is 1. The molecule has 0 spiro atoms. The van der Waals surface area contributed by atoms with Crippen LogP contribution in [0.3, 0.4) is 0 Å². The van der Waals surface area contributed by atoms with Gasteiger partial charge in [0.2, 0.25) is 0 Å². The van der Waals surface area contributed by atoms with Crippen LogP contribution in [0.2, 0.25) is 0 Å². The molecule has 0 aromatic heterocycles. The number of hydrogen-bond donors (Lipinski definition) is 2. The first kappa shape index (κ1) is 18.0. The average molecular weight is 328 g/mol. The van der Waals surface area contributed by atoms with Gasteiger partial charge in [0, 0.05) is 5.92 Å². The van der Waals surface area contributed by atoms with Crippen molar-refractivity contribution in [3.8, 4) is 0 Å². The Morgan fingerprint density at radius 2 is 2.29 bits per heavy atom. The molecule has 24 heavy (non-hydrogen) atoms. The molecule has 0 saturated carbocycles. The van der Waals surface area contributed by atoms with Crippen molar-refractivity contribution in [1.29, 1.82) is 0 Å². The maximum absolute atomic E-state index is 12.5. The minimum absolute atomic E-state index is 0.0406. The van der Waals surface area contributed by atoms with Crippen LogP contribution in [0.25, 0.3) is 0 Å². The van der Waals surface area contributed by atoms with E-state index < -0.39 is 18.0 Å². The van der Waals surface area contributed by atoms with Gasteiger partial charge in [0.1, 0.15) is 11.5 Å². The van der Waals surface area contributed by atoms with Gasteiger partial charge in [0.15, 0.2) is 0 Å². The van der Waals surface area contributed by atoms with E-state index in [1.165, 1.54) is 0 Å². The summed E-state index contributed by atoms with van der Waals surface area (Å²) in [6.07, 6.45) is 12.8. The molecule has 4 nitrogen and oxygen atoms in total. The Kier molecular flexibility index (Phi) is 5.99. The fourth-order valence-corrected chi connectivity index (χ4v) is 3.09. The van der Waals surface area contributed by atoms with Crippen LogP contribution in [0.1, 0.15) is 26.7 Å². The summed E-state index contributed by atoms with van der Waals surface area (Å²) in [5.41, 5.74) is 1.06. The highest BCUT2D eigenvalue weighted by atomic mass is 16.5. The van der Waals surface area contributed by atoms with Crippen LogP contribution >= 0.6 is 0 Å². The largest absolute Gasteiger partial charge is 0.511 e. The van der Waals surface area contributed by atoms with Crippen molar-refractivity contribution >= 4 is 5.97 Å². The molecule has 1 heterocycles. The molecule has 2 aliphatic rings. The summed E-state index contributed by atoms with van der Waals surface area (Å²) in [6.45, 7) is 7.18. The third-order valence-corrected chi connectivity index (χ3v) is 4.23. The predicted molar refractivity (Wildman–Crippen MR) is 94.0 cm³/mol. The summed E-state index contributed by atoms with van der Waals surface area (Å²) in [7, 11) is 0. The van der Waals surface area contributed by atoms with E-state index in [4.69, 9.17) is 4.74 Å². The Labute approximate surface area is 142 Å². The zero-order valence-corrected chi connectivity index (χ0v) is 14.1. The van der Waals surface area contributed by atoms with Gasteiger partial charge < -0.3 is 14.9 Å². The number of hydrogen-bond acceptors (Lipinski definition) is 4. The quantitative estimate of drug-likeness (QED) is 0.573. The molecule has 0 bridgehead atoms. The van der Waals surface area contributed by atoms with E-state index in [0.717, 1.165) is 5.57 Å². The Morgan fingerprint density at radius 1 is 1.54 bits per heavy atom. The molecular weight excluding hydrogens is 304 g/mol. The maximum Gasteiger partial charge on any atom is 0.343 e. The van der Waals surface area contributed by atoms with Gasteiger partial charge in [-0.05, 0) is 38.3 Å². The number of aliphatic hydroxyl groups excluding tert-OH is 2. The summed E-state index contributed by atoms with van der Waals surface area (Å²) < 4.78 is 5.43. The number of aliphatic hydroxyl groups is 2.